The van der Waals surface area contributed by atoms with E-state index in [0.29, 0.717) is 60.6 Å². The second-order valence-corrected chi connectivity index (χ2v) is 11.5. The monoisotopic (exact) mass is 611 g/mol. The van der Waals surface area contributed by atoms with E-state index in [0.717, 1.165) is 45.1 Å². The highest BCUT2D eigenvalue weighted by molar-refractivity contribution is 5.83. The third kappa shape index (κ3) is 7.47. The summed E-state index contributed by atoms with van der Waals surface area (Å²) in [6, 6.07) is 16.3. The van der Waals surface area contributed by atoms with Crippen molar-refractivity contribution < 1.29 is 19.1 Å². The fourth-order valence-electron chi connectivity index (χ4n) is 5.81. The number of amides is 2. The maximum Gasteiger partial charge on any atom is 0.230 e. The van der Waals surface area contributed by atoms with Crippen molar-refractivity contribution in [3.63, 3.8) is 0 Å². The van der Waals surface area contributed by atoms with Crippen molar-refractivity contribution in [3.05, 3.63) is 54.4 Å². The van der Waals surface area contributed by atoms with E-state index in [4.69, 9.17) is 15.2 Å². The van der Waals surface area contributed by atoms with Crippen molar-refractivity contribution in [2.24, 2.45) is 5.73 Å². The molecule has 0 atom stereocenters. The highest BCUT2D eigenvalue weighted by Gasteiger charge is 2.29. The zero-order valence-electron chi connectivity index (χ0n) is 25.1. The van der Waals surface area contributed by atoms with Crippen LogP contribution in [0, 0.1) is 11.3 Å². The Balaban J connectivity index is 1.04. The van der Waals surface area contributed by atoms with Crippen molar-refractivity contribution in [1.29, 1.82) is 5.26 Å². The van der Waals surface area contributed by atoms with Gasteiger partial charge in [0.15, 0.2) is 5.82 Å². The molecule has 13 heteroatoms. The van der Waals surface area contributed by atoms with Gasteiger partial charge in [0.1, 0.15) is 24.3 Å². The Hall–Kier alpha value is -4.80. The SMILES string of the molecule is N#Cc1cc(-c2ncnc(Nc3ccc(N4CCN(C5COC5)CC4)cc3)n2)ccc1OC1CCN(C(=O)CCC(N)=O)CC1. The molecule has 0 unspecified atom stereocenters. The summed E-state index contributed by atoms with van der Waals surface area (Å²) >= 11 is 0. The van der Waals surface area contributed by atoms with Crippen LogP contribution in [0.25, 0.3) is 11.4 Å². The van der Waals surface area contributed by atoms with E-state index in [1.807, 2.05) is 18.2 Å². The average Bonchev–Trinajstić information content (AvgIpc) is 3.04. The lowest BCUT2D eigenvalue weighted by Crippen LogP contribution is -2.56. The minimum absolute atomic E-state index is 0.0501. The Morgan fingerprint density at radius 1 is 1.00 bits per heavy atom. The van der Waals surface area contributed by atoms with Crippen LogP contribution in [0.3, 0.4) is 0 Å². The summed E-state index contributed by atoms with van der Waals surface area (Å²) in [5.74, 6) is 0.752. The van der Waals surface area contributed by atoms with Crippen molar-refractivity contribution >= 4 is 29.1 Å². The normalized spacial score (nSPS) is 17.8. The molecule has 4 heterocycles. The quantitative estimate of drug-likeness (QED) is 0.346. The molecule has 2 amide bonds. The number of aromatic nitrogens is 3. The number of rotatable bonds is 10. The molecule has 3 aliphatic heterocycles. The van der Waals surface area contributed by atoms with Gasteiger partial charge in [0.25, 0.3) is 0 Å². The van der Waals surface area contributed by atoms with E-state index in [1.54, 1.807) is 17.0 Å². The number of piperidine rings is 1. The number of nitrogens with one attached hydrogen (secondary N) is 1. The van der Waals surface area contributed by atoms with Gasteiger partial charge in [-0.2, -0.15) is 10.2 Å². The number of hydrogen-bond donors (Lipinski definition) is 2. The maximum atomic E-state index is 12.3. The van der Waals surface area contributed by atoms with Crippen LogP contribution in [0.5, 0.6) is 5.75 Å². The molecule has 3 N–H and O–H groups in total. The molecule has 3 aromatic rings. The Labute approximate surface area is 262 Å². The molecule has 0 spiro atoms. The number of nitriles is 1. The van der Waals surface area contributed by atoms with E-state index < -0.39 is 5.91 Å². The highest BCUT2D eigenvalue weighted by atomic mass is 16.5. The molecule has 3 saturated heterocycles. The summed E-state index contributed by atoms with van der Waals surface area (Å²) in [4.78, 5) is 43.1. The molecule has 13 nitrogen and oxygen atoms in total. The molecule has 0 radical (unpaired) electrons. The number of ether oxygens (including phenoxy) is 2. The van der Waals surface area contributed by atoms with Crippen LogP contribution >= 0.6 is 0 Å². The molecule has 0 aliphatic carbocycles. The zero-order valence-corrected chi connectivity index (χ0v) is 25.1. The average molecular weight is 612 g/mol. The van der Waals surface area contributed by atoms with Crippen molar-refractivity contribution in [1.82, 2.24) is 24.8 Å². The van der Waals surface area contributed by atoms with Crippen LogP contribution in [0.15, 0.2) is 48.8 Å². The van der Waals surface area contributed by atoms with Gasteiger partial charge >= 0.3 is 0 Å². The predicted molar refractivity (Wildman–Crippen MR) is 167 cm³/mol. The summed E-state index contributed by atoms with van der Waals surface area (Å²) in [5, 5.41) is 13.1. The number of hydrogen-bond acceptors (Lipinski definition) is 11. The minimum Gasteiger partial charge on any atom is -0.489 e. The summed E-state index contributed by atoms with van der Waals surface area (Å²) < 4.78 is 11.5. The highest BCUT2D eigenvalue weighted by Crippen LogP contribution is 2.28. The van der Waals surface area contributed by atoms with Crippen molar-refractivity contribution in [2.45, 2.75) is 37.8 Å². The summed E-state index contributed by atoms with van der Waals surface area (Å²) in [5.41, 5.74) is 8.25. The molecule has 0 saturated carbocycles. The van der Waals surface area contributed by atoms with Crippen LogP contribution in [0.4, 0.5) is 17.3 Å². The molecule has 45 heavy (non-hydrogen) atoms. The number of nitrogens with zero attached hydrogens (tertiary/aromatic N) is 7. The molecule has 3 aliphatic rings. The first-order valence-corrected chi connectivity index (χ1v) is 15.4. The van der Waals surface area contributed by atoms with Crippen LogP contribution < -0.4 is 20.7 Å². The number of carbonyl (C=O) groups excluding carboxylic acids is 2. The van der Waals surface area contributed by atoms with E-state index in [2.05, 4.69) is 48.3 Å². The first-order valence-electron chi connectivity index (χ1n) is 15.4. The summed E-state index contributed by atoms with van der Waals surface area (Å²) in [6.07, 6.45) is 2.75. The number of nitrogens with two attached hydrogens (primary N) is 1. The standard InChI is InChI=1S/C32H37N9O4/c33-18-23-17-22(1-6-28(23)45-27-9-11-41(12-10-27)30(43)8-7-29(34)42)31-35-21-36-32(38-31)37-24-2-4-25(5-3-24)39-13-15-40(16-14-39)26-19-44-20-26/h1-6,17,21,26-27H,7-16,19-20H2,(H2,34,42)(H,35,36,37,38). The lowest BCUT2D eigenvalue weighted by molar-refractivity contribution is -0.134. The van der Waals surface area contributed by atoms with Crippen LogP contribution in [-0.4, -0.2) is 101 Å². The van der Waals surface area contributed by atoms with Gasteiger partial charge in [-0.05, 0) is 42.5 Å². The number of benzene rings is 2. The number of piperazine rings is 1. The number of likely N-dealkylation sites (tertiary alicyclic amines) is 1. The van der Waals surface area contributed by atoms with Gasteiger partial charge < -0.3 is 30.3 Å². The molecule has 234 valence electrons. The summed E-state index contributed by atoms with van der Waals surface area (Å²) in [7, 11) is 0. The van der Waals surface area contributed by atoms with Crippen LogP contribution in [-0.2, 0) is 14.3 Å². The smallest absolute Gasteiger partial charge is 0.230 e. The van der Waals surface area contributed by atoms with Crippen LogP contribution in [0.2, 0.25) is 0 Å². The van der Waals surface area contributed by atoms with E-state index >= 15 is 0 Å². The van der Waals surface area contributed by atoms with Crippen molar-refractivity contribution in [2.75, 3.05) is 62.7 Å². The molecule has 2 aromatic carbocycles. The molecular formula is C32H37N9O4. The molecule has 6 rings (SSSR count). The maximum absolute atomic E-state index is 12.3. The van der Waals surface area contributed by atoms with Gasteiger partial charge in [-0.3, -0.25) is 14.5 Å². The lowest BCUT2D eigenvalue weighted by atomic mass is 10.1. The zero-order chi connectivity index (χ0) is 31.2. The number of anilines is 3. The first-order chi connectivity index (χ1) is 21.9. The number of carbonyl (C=O) groups is 2. The Kier molecular flexibility index (Phi) is 9.33. The van der Waals surface area contributed by atoms with E-state index in [1.165, 1.54) is 12.0 Å². The van der Waals surface area contributed by atoms with Gasteiger partial charge in [0.05, 0.1) is 24.8 Å². The van der Waals surface area contributed by atoms with Gasteiger partial charge in [0, 0.05) is 81.9 Å². The topological polar surface area (TPSA) is 163 Å². The summed E-state index contributed by atoms with van der Waals surface area (Å²) in [6.45, 7) is 6.84. The van der Waals surface area contributed by atoms with Crippen molar-refractivity contribution in [3.8, 4) is 23.2 Å². The van der Waals surface area contributed by atoms with E-state index in [-0.39, 0.29) is 24.9 Å². The fraction of sp³-hybridized carbons (Fsp3) is 0.438. The second-order valence-electron chi connectivity index (χ2n) is 11.5. The van der Waals surface area contributed by atoms with Crippen LogP contribution in [0.1, 0.15) is 31.2 Å². The van der Waals surface area contributed by atoms with Gasteiger partial charge in [0.2, 0.25) is 17.8 Å². The van der Waals surface area contributed by atoms with Gasteiger partial charge in [-0.25, -0.2) is 9.97 Å². The Bertz CT molecular complexity index is 1540. The largest absolute Gasteiger partial charge is 0.489 e. The third-order valence-electron chi connectivity index (χ3n) is 8.54. The first kappa shape index (κ1) is 30.2. The second kappa shape index (κ2) is 13.9. The lowest BCUT2D eigenvalue weighted by Gasteiger charge is -2.43. The van der Waals surface area contributed by atoms with Gasteiger partial charge in [-0.1, -0.05) is 0 Å². The molecule has 1 aromatic heterocycles. The Morgan fingerprint density at radius 2 is 1.76 bits per heavy atom. The molecule has 3 fully saturated rings. The predicted octanol–water partition coefficient (Wildman–Crippen LogP) is 2.31. The van der Waals surface area contributed by atoms with E-state index in [9.17, 15) is 14.9 Å². The molecular weight excluding hydrogens is 574 g/mol. The number of primary amides is 1. The minimum atomic E-state index is -0.482. The fourth-order valence-corrected chi connectivity index (χ4v) is 5.81. The Morgan fingerprint density at radius 3 is 2.42 bits per heavy atom. The van der Waals surface area contributed by atoms with Gasteiger partial charge in [-0.15, -0.1) is 0 Å². The molecule has 0 bridgehead atoms. The third-order valence-corrected chi connectivity index (χ3v) is 8.54.